The highest BCUT2D eigenvalue weighted by atomic mass is 14.1. The van der Waals surface area contributed by atoms with Crippen molar-refractivity contribution in [2.24, 2.45) is 0 Å². The van der Waals surface area contributed by atoms with E-state index < -0.39 is 0 Å². The molecule has 0 nitrogen and oxygen atoms in total. The number of hydrogen-bond donors (Lipinski definition) is 0. The van der Waals surface area contributed by atoms with E-state index in [-0.39, 0.29) is 0 Å². The summed E-state index contributed by atoms with van der Waals surface area (Å²) in [6, 6.07) is 30.8. The fraction of sp³-hybridized carbons (Fsp3) is 0.200. The Labute approximate surface area is 150 Å². The van der Waals surface area contributed by atoms with Crippen molar-refractivity contribution >= 4 is 21.5 Å². The molecule has 0 aromatic heterocycles. The Morgan fingerprint density at radius 3 is 1.36 bits per heavy atom. The van der Waals surface area contributed by atoms with Gasteiger partial charge in [0.25, 0.3) is 0 Å². The number of fused-ring (bicyclic) bond motifs is 2. The summed E-state index contributed by atoms with van der Waals surface area (Å²) in [5.41, 5.74) is 2.98. The quantitative estimate of drug-likeness (QED) is 0.337. The molecule has 0 heterocycles. The van der Waals surface area contributed by atoms with Crippen LogP contribution < -0.4 is 0 Å². The zero-order valence-corrected chi connectivity index (χ0v) is 14.6. The molecule has 0 aliphatic rings. The highest BCUT2D eigenvalue weighted by Crippen LogP contribution is 2.22. The lowest BCUT2D eigenvalue weighted by Gasteiger charge is -2.08. The molecule has 0 atom stereocenters. The first kappa shape index (κ1) is 15.9. The van der Waals surface area contributed by atoms with Crippen molar-refractivity contribution in [2.45, 2.75) is 32.1 Å². The van der Waals surface area contributed by atoms with Crippen molar-refractivity contribution in [3.63, 3.8) is 0 Å². The van der Waals surface area contributed by atoms with Crippen LogP contribution in [0.1, 0.15) is 30.4 Å². The summed E-state index contributed by atoms with van der Waals surface area (Å²) in [5, 5.41) is 5.55. The number of aryl methyl sites for hydroxylation is 2. The SMILES string of the molecule is c1ccc2c(CCCCCc3cccc4ccccc34)cccc2c1. The minimum atomic E-state index is 1.18. The van der Waals surface area contributed by atoms with Crippen LogP contribution in [0.5, 0.6) is 0 Å². The monoisotopic (exact) mass is 324 g/mol. The lowest BCUT2D eigenvalue weighted by Crippen LogP contribution is -1.91. The van der Waals surface area contributed by atoms with E-state index in [1.807, 2.05) is 0 Å². The first-order valence-corrected chi connectivity index (χ1v) is 9.35. The second kappa shape index (κ2) is 7.53. The van der Waals surface area contributed by atoms with E-state index in [9.17, 15) is 0 Å². The Kier molecular flexibility index (Phi) is 4.79. The summed E-state index contributed by atoms with van der Waals surface area (Å²) in [4.78, 5) is 0. The van der Waals surface area contributed by atoms with Crippen LogP contribution in [0.25, 0.3) is 21.5 Å². The molecule has 124 valence electrons. The summed E-state index contributed by atoms with van der Waals surface area (Å²) in [5.74, 6) is 0. The highest BCUT2D eigenvalue weighted by molar-refractivity contribution is 5.86. The third-order valence-corrected chi connectivity index (χ3v) is 5.15. The molecule has 0 aliphatic carbocycles. The number of unbranched alkanes of at least 4 members (excludes halogenated alkanes) is 2. The maximum atomic E-state index is 2.28. The van der Waals surface area contributed by atoms with Crippen LogP contribution in [-0.2, 0) is 12.8 Å². The molecule has 0 heteroatoms. The third kappa shape index (κ3) is 3.58. The van der Waals surface area contributed by atoms with E-state index in [2.05, 4.69) is 84.9 Å². The predicted molar refractivity (Wildman–Crippen MR) is 109 cm³/mol. The summed E-state index contributed by atoms with van der Waals surface area (Å²) in [7, 11) is 0. The van der Waals surface area contributed by atoms with Crippen molar-refractivity contribution in [3.8, 4) is 0 Å². The van der Waals surface area contributed by atoms with Gasteiger partial charge in [-0.1, -0.05) is 91.3 Å². The molecule has 0 N–H and O–H groups in total. The summed E-state index contributed by atoms with van der Waals surface area (Å²) in [6.07, 6.45) is 6.16. The van der Waals surface area contributed by atoms with Gasteiger partial charge in [0.05, 0.1) is 0 Å². The highest BCUT2D eigenvalue weighted by Gasteiger charge is 2.02. The molecule has 0 bridgehead atoms. The summed E-state index contributed by atoms with van der Waals surface area (Å²) in [6.45, 7) is 0. The summed E-state index contributed by atoms with van der Waals surface area (Å²) >= 11 is 0. The molecule has 0 amide bonds. The first-order chi connectivity index (χ1) is 12.4. The topological polar surface area (TPSA) is 0 Å². The standard InChI is InChI=1S/C25H24/c1(2-10-20-14-8-16-22-12-4-6-18-24(20)22)3-11-21-15-9-17-23-13-5-7-19-25(21)23/h4-9,12-19H,1-3,10-11H2. The van der Waals surface area contributed by atoms with Crippen molar-refractivity contribution in [1.29, 1.82) is 0 Å². The smallest absolute Gasteiger partial charge is 0.0152 e. The Morgan fingerprint density at radius 1 is 0.400 bits per heavy atom. The maximum absolute atomic E-state index is 2.28. The second-order valence-corrected chi connectivity index (χ2v) is 6.84. The van der Waals surface area contributed by atoms with E-state index in [1.54, 1.807) is 0 Å². The van der Waals surface area contributed by atoms with Crippen molar-refractivity contribution in [3.05, 3.63) is 96.1 Å². The molecule has 0 spiro atoms. The van der Waals surface area contributed by atoms with E-state index in [1.165, 1.54) is 64.8 Å². The molecule has 0 unspecified atom stereocenters. The van der Waals surface area contributed by atoms with Gasteiger partial charge in [-0.2, -0.15) is 0 Å². The minimum Gasteiger partial charge on any atom is -0.0616 e. The number of benzene rings is 4. The average molecular weight is 324 g/mol. The molecule has 0 radical (unpaired) electrons. The molecule has 4 aromatic rings. The average Bonchev–Trinajstić information content (AvgIpc) is 2.68. The predicted octanol–water partition coefficient (Wildman–Crippen LogP) is 6.95. The van der Waals surface area contributed by atoms with E-state index in [0.29, 0.717) is 0 Å². The van der Waals surface area contributed by atoms with E-state index in [4.69, 9.17) is 0 Å². The van der Waals surface area contributed by atoms with Crippen LogP contribution in [0.2, 0.25) is 0 Å². The van der Waals surface area contributed by atoms with Gasteiger partial charge in [-0.15, -0.1) is 0 Å². The number of rotatable bonds is 6. The Bertz CT molecular complexity index is 889. The van der Waals surface area contributed by atoms with Gasteiger partial charge in [-0.25, -0.2) is 0 Å². The van der Waals surface area contributed by atoms with Gasteiger partial charge in [0.1, 0.15) is 0 Å². The van der Waals surface area contributed by atoms with Gasteiger partial charge in [0, 0.05) is 0 Å². The Hall–Kier alpha value is -2.60. The molecule has 4 rings (SSSR count). The van der Waals surface area contributed by atoms with Crippen LogP contribution in [0.15, 0.2) is 84.9 Å². The summed E-state index contributed by atoms with van der Waals surface area (Å²) < 4.78 is 0. The van der Waals surface area contributed by atoms with Gasteiger partial charge in [-0.3, -0.25) is 0 Å². The largest absolute Gasteiger partial charge is 0.0616 e. The fourth-order valence-corrected chi connectivity index (χ4v) is 3.83. The van der Waals surface area contributed by atoms with Crippen LogP contribution in [0.4, 0.5) is 0 Å². The zero-order chi connectivity index (χ0) is 16.9. The zero-order valence-electron chi connectivity index (χ0n) is 14.6. The van der Waals surface area contributed by atoms with Gasteiger partial charge in [-0.05, 0) is 58.4 Å². The molecular formula is C25H24. The molecule has 0 saturated heterocycles. The molecule has 4 aromatic carbocycles. The lowest BCUT2D eigenvalue weighted by molar-refractivity contribution is 0.681. The van der Waals surface area contributed by atoms with E-state index in [0.717, 1.165) is 0 Å². The fourth-order valence-electron chi connectivity index (χ4n) is 3.83. The van der Waals surface area contributed by atoms with Crippen molar-refractivity contribution in [1.82, 2.24) is 0 Å². The maximum Gasteiger partial charge on any atom is -0.0152 e. The first-order valence-electron chi connectivity index (χ1n) is 9.35. The van der Waals surface area contributed by atoms with Crippen molar-refractivity contribution in [2.75, 3.05) is 0 Å². The van der Waals surface area contributed by atoms with Gasteiger partial charge in [0.15, 0.2) is 0 Å². The van der Waals surface area contributed by atoms with Gasteiger partial charge < -0.3 is 0 Å². The normalized spacial score (nSPS) is 11.2. The third-order valence-electron chi connectivity index (χ3n) is 5.15. The minimum absolute atomic E-state index is 1.18. The van der Waals surface area contributed by atoms with Crippen LogP contribution in [0.3, 0.4) is 0 Å². The molecule has 0 fully saturated rings. The Balaban J connectivity index is 1.35. The molecule has 0 saturated carbocycles. The van der Waals surface area contributed by atoms with Gasteiger partial charge >= 0.3 is 0 Å². The Morgan fingerprint density at radius 2 is 0.840 bits per heavy atom. The van der Waals surface area contributed by atoms with E-state index >= 15 is 0 Å². The lowest BCUT2D eigenvalue weighted by atomic mass is 9.97. The van der Waals surface area contributed by atoms with Crippen LogP contribution in [0, 0.1) is 0 Å². The van der Waals surface area contributed by atoms with Crippen LogP contribution in [-0.4, -0.2) is 0 Å². The number of hydrogen-bond acceptors (Lipinski definition) is 0. The van der Waals surface area contributed by atoms with Gasteiger partial charge in [0.2, 0.25) is 0 Å². The van der Waals surface area contributed by atoms with Crippen molar-refractivity contribution < 1.29 is 0 Å². The van der Waals surface area contributed by atoms with Crippen LogP contribution >= 0.6 is 0 Å². The second-order valence-electron chi connectivity index (χ2n) is 6.84. The molecule has 0 aliphatic heterocycles. The molecule has 25 heavy (non-hydrogen) atoms. The molecular weight excluding hydrogens is 300 g/mol.